The van der Waals surface area contributed by atoms with Crippen molar-refractivity contribution in [2.75, 3.05) is 6.54 Å². The first-order valence-electron chi connectivity index (χ1n) is 6.40. The minimum atomic E-state index is 0.178. The molecule has 0 aliphatic heterocycles. The van der Waals surface area contributed by atoms with Crippen molar-refractivity contribution in [2.24, 2.45) is 7.05 Å². The number of aryl methyl sites for hydroxylation is 3. The van der Waals surface area contributed by atoms with E-state index >= 15 is 0 Å². The van der Waals surface area contributed by atoms with Gasteiger partial charge < -0.3 is 9.88 Å². The molecule has 1 unspecified atom stereocenters. The van der Waals surface area contributed by atoms with Crippen LogP contribution in [0.15, 0.2) is 30.7 Å². The Bertz CT molecular complexity index is 528. The fourth-order valence-electron chi connectivity index (χ4n) is 2.31. The summed E-state index contributed by atoms with van der Waals surface area (Å²) in [4.78, 5) is 4.48. The van der Waals surface area contributed by atoms with E-state index in [9.17, 15) is 0 Å². The quantitative estimate of drug-likeness (QED) is 0.895. The lowest BCUT2D eigenvalue weighted by atomic mass is 9.97. The summed E-state index contributed by atoms with van der Waals surface area (Å²) in [7, 11) is 2.00. The average molecular weight is 243 g/mol. The lowest BCUT2D eigenvalue weighted by molar-refractivity contribution is 0.614. The molecule has 0 saturated carbocycles. The molecule has 0 spiro atoms. The molecular weight excluding hydrogens is 222 g/mol. The van der Waals surface area contributed by atoms with Crippen molar-refractivity contribution in [3.63, 3.8) is 0 Å². The predicted octanol–water partition coefficient (Wildman–Crippen LogP) is 2.74. The number of nitrogens with zero attached hydrogens (tertiary/aromatic N) is 2. The molecule has 1 atom stereocenters. The van der Waals surface area contributed by atoms with Gasteiger partial charge in [-0.1, -0.05) is 30.7 Å². The van der Waals surface area contributed by atoms with Crippen LogP contribution in [0.25, 0.3) is 0 Å². The van der Waals surface area contributed by atoms with Crippen LogP contribution in [-0.2, 0) is 7.05 Å². The van der Waals surface area contributed by atoms with Crippen molar-refractivity contribution < 1.29 is 0 Å². The second kappa shape index (κ2) is 5.36. The number of hydrogen-bond acceptors (Lipinski definition) is 2. The van der Waals surface area contributed by atoms with Crippen LogP contribution < -0.4 is 5.32 Å². The number of hydrogen-bond donors (Lipinski definition) is 1. The number of benzene rings is 1. The van der Waals surface area contributed by atoms with Crippen LogP contribution >= 0.6 is 0 Å². The highest BCUT2D eigenvalue weighted by Gasteiger charge is 2.17. The fourth-order valence-corrected chi connectivity index (χ4v) is 2.31. The largest absolute Gasteiger partial charge is 0.340 e. The van der Waals surface area contributed by atoms with Gasteiger partial charge in [0, 0.05) is 13.2 Å². The van der Waals surface area contributed by atoms with Gasteiger partial charge in [-0.2, -0.15) is 0 Å². The van der Waals surface area contributed by atoms with Gasteiger partial charge in [-0.3, -0.25) is 0 Å². The molecule has 0 radical (unpaired) electrons. The number of aromatic nitrogens is 2. The van der Waals surface area contributed by atoms with E-state index in [1.807, 2.05) is 17.9 Å². The van der Waals surface area contributed by atoms with Crippen molar-refractivity contribution in [3.8, 4) is 0 Å². The standard InChI is InChI=1S/C15H21N3/c1-5-16-15(14-9-18(4)10-17-14)13-7-6-11(2)8-12(13)3/h6-10,15-16H,5H2,1-4H3. The molecule has 2 rings (SSSR count). The van der Waals surface area contributed by atoms with Crippen molar-refractivity contribution in [1.29, 1.82) is 0 Å². The lowest BCUT2D eigenvalue weighted by Gasteiger charge is -2.19. The zero-order valence-electron chi connectivity index (χ0n) is 11.6. The molecule has 1 heterocycles. The minimum absolute atomic E-state index is 0.178. The van der Waals surface area contributed by atoms with Crippen LogP contribution in [0, 0.1) is 13.8 Å². The molecule has 18 heavy (non-hydrogen) atoms. The van der Waals surface area contributed by atoms with Crippen LogP contribution in [0.3, 0.4) is 0 Å². The Labute approximate surface area is 109 Å². The van der Waals surface area contributed by atoms with Gasteiger partial charge in [-0.15, -0.1) is 0 Å². The summed E-state index contributed by atoms with van der Waals surface area (Å²) in [6.45, 7) is 7.34. The highest BCUT2D eigenvalue weighted by Crippen LogP contribution is 2.24. The normalized spacial score (nSPS) is 12.7. The maximum absolute atomic E-state index is 4.48. The summed E-state index contributed by atoms with van der Waals surface area (Å²) < 4.78 is 1.99. The van der Waals surface area contributed by atoms with Crippen LogP contribution in [0.4, 0.5) is 0 Å². The molecule has 1 aromatic carbocycles. The zero-order valence-corrected chi connectivity index (χ0v) is 11.6. The molecule has 0 aliphatic rings. The molecule has 1 aromatic heterocycles. The predicted molar refractivity (Wildman–Crippen MR) is 74.6 cm³/mol. The maximum Gasteiger partial charge on any atom is 0.0947 e. The smallest absolute Gasteiger partial charge is 0.0947 e. The third-order valence-electron chi connectivity index (χ3n) is 3.17. The van der Waals surface area contributed by atoms with Crippen molar-refractivity contribution in [3.05, 3.63) is 53.1 Å². The molecule has 0 amide bonds. The molecule has 3 heteroatoms. The van der Waals surface area contributed by atoms with E-state index in [-0.39, 0.29) is 6.04 Å². The van der Waals surface area contributed by atoms with Crippen molar-refractivity contribution >= 4 is 0 Å². The van der Waals surface area contributed by atoms with E-state index in [1.165, 1.54) is 16.7 Å². The topological polar surface area (TPSA) is 29.9 Å². The number of rotatable bonds is 4. The Morgan fingerprint density at radius 1 is 1.33 bits per heavy atom. The number of imidazole rings is 1. The molecule has 2 aromatic rings. The zero-order chi connectivity index (χ0) is 13.1. The monoisotopic (exact) mass is 243 g/mol. The first kappa shape index (κ1) is 12.8. The lowest BCUT2D eigenvalue weighted by Crippen LogP contribution is -2.23. The van der Waals surface area contributed by atoms with Crippen molar-refractivity contribution in [2.45, 2.75) is 26.8 Å². The summed E-state index contributed by atoms with van der Waals surface area (Å²) in [5, 5.41) is 3.51. The van der Waals surface area contributed by atoms with E-state index in [4.69, 9.17) is 0 Å². The van der Waals surface area contributed by atoms with Gasteiger partial charge in [-0.05, 0) is 31.5 Å². The molecule has 96 valence electrons. The van der Waals surface area contributed by atoms with Crippen LogP contribution in [-0.4, -0.2) is 16.1 Å². The average Bonchev–Trinajstić information content (AvgIpc) is 2.73. The summed E-state index contributed by atoms with van der Waals surface area (Å²) in [5.74, 6) is 0. The Balaban J connectivity index is 2.41. The second-order valence-electron chi connectivity index (χ2n) is 4.81. The summed E-state index contributed by atoms with van der Waals surface area (Å²) >= 11 is 0. The number of nitrogens with one attached hydrogen (secondary N) is 1. The first-order valence-corrected chi connectivity index (χ1v) is 6.40. The summed E-state index contributed by atoms with van der Waals surface area (Å²) in [5.41, 5.74) is 4.99. The Morgan fingerprint density at radius 3 is 2.67 bits per heavy atom. The SMILES string of the molecule is CCNC(c1cn(C)cn1)c1ccc(C)cc1C. The highest BCUT2D eigenvalue weighted by molar-refractivity contribution is 5.36. The molecule has 3 nitrogen and oxygen atoms in total. The van der Waals surface area contributed by atoms with Gasteiger partial charge in [0.1, 0.15) is 0 Å². The minimum Gasteiger partial charge on any atom is -0.340 e. The van der Waals surface area contributed by atoms with Gasteiger partial charge in [0.25, 0.3) is 0 Å². The van der Waals surface area contributed by atoms with E-state index in [1.54, 1.807) is 0 Å². The molecular formula is C15H21N3. The fraction of sp³-hybridized carbons (Fsp3) is 0.400. The van der Waals surface area contributed by atoms with Crippen LogP contribution in [0.5, 0.6) is 0 Å². The van der Waals surface area contributed by atoms with E-state index in [0.29, 0.717) is 0 Å². The summed E-state index contributed by atoms with van der Waals surface area (Å²) in [6, 6.07) is 6.77. The Hall–Kier alpha value is -1.61. The van der Waals surface area contributed by atoms with Gasteiger partial charge in [-0.25, -0.2) is 4.98 Å². The third-order valence-corrected chi connectivity index (χ3v) is 3.17. The molecule has 0 aliphatic carbocycles. The third kappa shape index (κ3) is 2.62. The maximum atomic E-state index is 4.48. The van der Waals surface area contributed by atoms with Gasteiger partial charge in [0.15, 0.2) is 0 Å². The van der Waals surface area contributed by atoms with E-state index in [0.717, 1.165) is 12.2 Å². The van der Waals surface area contributed by atoms with Crippen LogP contribution in [0.2, 0.25) is 0 Å². The van der Waals surface area contributed by atoms with Crippen molar-refractivity contribution in [1.82, 2.24) is 14.9 Å². The van der Waals surface area contributed by atoms with Gasteiger partial charge >= 0.3 is 0 Å². The van der Waals surface area contributed by atoms with Gasteiger partial charge in [0.05, 0.1) is 18.1 Å². The molecule has 0 bridgehead atoms. The summed E-state index contributed by atoms with van der Waals surface area (Å²) in [6.07, 6.45) is 3.93. The Morgan fingerprint density at radius 2 is 2.11 bits per heavy atom. The van der Waals surface area contributed by atoms with Gasteiger partial charge in [0.2, 0.25) is 0 Å². The highest BCUT2D eigenvalue weighted by atomic mass is 15.0. The van der Waals surface area contributed by atoms with E-state index in [2.05, 4.69) is 55.5 Å². The second-order valence-corrected chi connectivity index (χ2v) is 4.81. The Kier molecular flexibility index (Phi) is 3.82. The molecule has 1 N–H and O–H groups in total. The van der Waals surface area contributed by atoms with Crippen LogP contribution in [0.1, 0.15) is 35.3 Å². The molecule has 0 saturated heterocycles. The molecule has 0 fully saturated rings. The first-order chi connectivity index (χ1) is 8.61. The van der Waals surface area contributed by atoms with E-state index < -0.39 is 0 Å².